The van der Waals surface area contributed by atoms with Crippen LogP contribution in [-0.4, -0.2) is 29.0 Å². The van der Waals surface area contributed by atoms with Gasteiger partial charge in [-0.1, -0.05) is 36.4 Å². The van der Waals surface area contributed by atoms with E-state index in [2.05, 4.69) is 40.0 Å². The largest absolute Gasteiger partial charge is 0.349 e. The summed E-state index contributed by atoms with van der Waals surface area (Å²) in [4.78, 5) is 14.3. The summed E-state index contributed by atoms with van der Waals surface area (Å²) in [5.74, 6) is -0.160. The van der Waals surface area contributed by atoms with Gasteiger partial charge < -0.3 is 4.90 Å². The summed E-state index contributed by atoms with van der Waals surface area (Å²) in [6, 6.07) is 17.7. The number of halogens is 1. The molecule has 0 heterocycles. The van der Waals surface area contributed by atoms with Crippen molar-refractivity contribution in [3.8, 4) is 0 Å². The number of rotatable bonds is 5. The number of carbonyl (C=O) groups excluding carboxylic acids is 1. The summed E-state index contributed by atoms with van der Waals surface area (Å²) in [6.07, 6.45) is 0.897. The minimum atomic E-state index is -0.160. The summed E-state index contributed by atoms with van der Waals surface area (Å²) in [5.41, 5.74) is 1.89. The Morgan fingerprint density at radius 1 is 1.17 bits per heavy atom. The molecule has 0 aliphatic heterocycles. The highest BCUT2D eigenvalue weighted by molar-refractivity contribution is 14.1. The molecule has 0 aromatic heterocycles. The first-order valence-electron chi connectivity index (χ1n) is 7.50. The van der Waals surface area contributed by atoms with Crippen LogP contribution in [0.2, 0.25) is 0 Å². The molecule has 0 aliphatic carbocycles. The SMILES string of the molecule is CCN(CCc1ccccc1)C(=S)NC(=O)c1cccc(I)c1. The van der Waals surface area contributed by atoms with E-state index in [9.17, 15) is 4.79 Å². The van der Waals surface area contributed by atoms with Gasteiger partial charge >= 0.3 is 0 Å². The molecule has 0 radical (unpaired) electrons. The zero-order valence-electron chi connectivity index (χ0n) is 13.0. The highest BCUT2D eigenvalue weighted by Crippen LogP contribution is 2.08. The second kappa shape index (κ2) is 8.98. The van der Waals surface area contributed by atoms with Crippen molar-refractivity contribution in [2.24, 2.45) is 0 Å². The maximum Gasteiger partial charge on any atom is 0.257 e. The summed E-state index contributed by atoms with van der Waals surface area (Å²) in [7, 11) is 0. The molecule has 0 unspecified atom stereocenters. The molecule has 1 amide bonds. The van der Waals surface area contributed by atoms with Crippen LogP contribution in [0, 0.1) is 3.57 Å². The van der Waals surface area contributed by atoms with Gasteiger partial charge in [-0.2, -0.15) is 0 Å². The lowest BCUT2D eigenvalue weighted by atomic mass is 10.1. The third kappa shape index (κ3) is 5.58. The quantitative estimate of drug-likeness (QED) is 0.569. The van der Waals surface area contributed by atoms with Crippen LogP contribution in [0.3, 0.4) is 0 Å². The Balaban J connectivity index is 1.93. The van der Waals surface area contributed by atoms with E-state index in [0.29, 0.717) is 10.7 Å². The zero-order chi connectivity index (χ0) is 16.7. The van der Waals surface area contributed by atoms with Crippen molar-refractivity contribution in [3.05, 3.63) is 69.3 Å². The topological polar surface area (TPSA) is 32.3 Å². The molecular formula is C18H19IN2OS. The fourth-order valence-corrected chi connectivity index (χ4v) is 3.05. The van der Waals surface area contributed by atoms with Gasteiger partial charge in [-0.05, 0) is 71.9 Å². The number of carbonyl (C=O) groups is 1. The van der Waals surface area contributed by atoms with Gasteiger partial charge in [-0.3, -0.25) is 10.1 Å². The first-order valence-corrected chi connectivity index (χ1v) is 8.98. The molecule has 0 atom stereocenters. The minimum Gasteiger partial charge on any atom is -0.349 e. The number of nitrogens with one attached hydrogen (secondary N) is 1. The van der Waals surface area contributed by atoms with Crippen LogP contribution in [0.4, 0.5) is 0 Å². The van der Waals surface area contributed by atoms with E-state index in [-0.39, 0.29) is 5.91 Å². The third-order valence-electron chi connectivity index (χ3n) is 3.49. The second-order valence-corrected chi connectivity index (χ2v) is 6.72. The number of amides is 1. The van der Waals surface area contributed by atoms with Gasteiger partial charge in [0.1, 0.15) is 0 Å². The smallest absolute Gasteiger partial charge is 0.257 e. The molecular weight excluding hydrogens is 419 g/mol. The van der Waals surface area contributed by atoms with Gasteiger partial charge in [0.2, 0.25) is 0 Å². The Hall–Kier alpha value is -1.47. The average molecular weight is 438 g/mol. The average Bonchev–Trinajstić information content (AvgIpc) is 2.56. The summed E-state index contributed by atoms with van der Waals surface area (Å²) < 4.78 is 1.03. The van der Waals surface area contributed by atoms with Gasteiger partial charge in [0.05, 0.1) is 0 Å². The Kier molecular flexibility index (Phi) is 6.98. The molecule has 0 spiro atoms. The summed E-state index contributed by atoms with van der Waals surface area (Å²) in [6.45, 7) is 3.58. The van der Waals surface area contributed by atoms with Crippen molar-refractivity contribution < 1.29 is 4.79 Å². The Labute approximate surface area is 156 Å². The highest BCUT2D eigenvalue weighted by atomic mass is 127. The van der Waals surface area contributed by atoms with Crippen molar-refractivity contribution >= 4 is 45.8 Å². The van der Waals surface area contributed by atoms with Crippen LogP contribution in [0.5, 0.6) is 0 Å². The molecule has 2 aromatic rings. The van der Waals surface area contributed by atoms with E-state index < -0.39 is 0 Å². The van der Waals surface area contributed by atoms with E-state index in [1.807, 2.05) is 48.2 Å². The van der Waals surface area contributed by atoms with E-state index in [4.69, 9.17) is 12.2 Å². The molecule has 120 valence electrons. The first kappa shape index (κ1) is 17.9. The number of hydrogen-bond donors (Lipinski definition) is 1. The zero-order valence-corrected chi connectivity index (χ0v) is 15.9. The van der Waals surface area contributed by atoms with Gasteiger partial charge in [0.25, 0.3) is 5.91 Å². The molecule has 1 N–H and O–H groups in total. The minimum absolute atomic E-state index is 0.160. The van der Waals surface area contributed by atoms with Crippen molar-refractivity contribution in [1.82, 2.24) is 10.2 Å². The molecule has 0 aliphatic rings. The number of likely N-dealkylation sites (N-methyl/N-ethyl adjacent to an activating group) is 1. The van der Waals surface area contributed by atoms with Crippen molar-refractivity contribution in [1.29, 1.82) is 0 Å². The fraction of sp³-hybridized carbons (Fsp3) is 0.222. The maximum atomic E-state index is 12.3. The van der Waals surface area contributed by atoms with Gasteiger partial charge in [0, 0.05) is 22.2 Å². The highest BCUT2D eigenvalue weighted by Gasteiger charge is 2.12. The lowest BCUT2D eigenvalue weighted by molar-refractivity contribution is 0.0973. The maximum absolute atomic E-state index is 12.3. The van der Waals surface area contributed by atoms with Crippen LogP contribution in [0.15, 0.2) is 54.6 Å². The Bertz CT molecular complexity index is 676. The molecule has 0 bridgehead atoms. The molecule has 0 saturated heterocycles. The molecule has 2 aromatic carbocycles. The predicted octanol–water partition coefficient (Wildman–Crippen LogP) is 3.87. The lowest BCUT2D eigenvalue weighted by Gasteiger charge is -2.23. The molecule has 2 rings (SSSR count). The van der Waals surface area contributed by atoms with Crippen molar-refractivity contribution in [2.45, 2.75) is 13.3 Å². The van der Waals surface area contributed by atoms with Crippen LogP contribution < -0.4 is 5.32 Å². The first-order chi connectivity index (χ1) is 11.1. The van der Waals surface area contributed by atoms with Crippen LogP contribution in [0.25, 0.3) is 0 Å². The predicted molar refractivity (Wildman–Crippen MR) is 107 cm³/mol. The molecule has 0 saturated carbocycles. The standard InChI is InChI=1S/C18H19IN2OS/c1-2-21(12-11-14-7-4-3-5-8-14)18(23)20-17(22)15-9-6-10-16(19)13-15/h3-10,13H,2,11-12H2,1H3,(H,20,22,23). The Morgan fingerprint density at radius 2 is 1.91 bits per heavy atom. The number of nitrogens with zero attached hydrogens (tertiary/aromatic N) is 1. The normalized spacial score (nSPS) is 10.2. The molecule has 23 heavy (non-hydrogen) atoms. The molecule has 3 nitrogen and oxygen atoms in total. The third-order valence-corrected chi connectivity index (χ3v) is 4.52. The number of hydrogen-bond acceptors (Lipinski definition) is 2. The lowest BCUT2D eigenvalue weighted by Crippen LogP contribution is -2.43. The second-order valence-electron chi connectivity index (χ2n) is 5.08. The monoisotopic (exact) mass is 438 g/mol. The number of thiocarbonyl (C=S) groups is 1. The Morgan fingerprint density at radius 3 is 2.57 bits per heavy atom. The van der Waals surface area contributed by atoms with E-state index >= 15 is 0 Å². The van der Waals surface area contributed by atoms with Gasteiger partial charge in [-0.15, -0.1) is 0 Å². The van der Waals surface area contributed by atoms with Crippen LogP contribution in [-0.2, 0) is 6.42 Å². The van der Waals surface area contributed by atoms with Crippen LogP contribution >= 0.6 is 34.8 Å². The van der Waals surface area contributed by atoms with Crippen LogP contribution in [0.1, 0.15) is 22.8 Å². The van der Waals surface area contributed by atoms with E-state index in [1.165, 1.54) is 5.56 Å². The van der Waals surface area contributed by atoms with E-state index in [1.54, 1.807) is 6.07 Å². The van der Waals surface area contributed by atoms with Crippen molar-refractivity contribution in [2.75, 3.05) is 13.1 Å². The van der Waals surface area contributed by atoms with Crippen molar-refractivity contribution in [3.63, 3.8) is 0 Å². The summed E-state index contributed by atoms with van der Waals surface area (Å²) in [5, 5.41) is 3.30. The summed E-state index contributed by atoms with van der Waals surface area (Å²) >= 11 is 7.58. The van der Waals surface area contributed by atoms with Gasteiger partial charge in [0.15, 0.2) is 5.11 Å². The fourth-order valence-electron chi connectivity index (χ4n) is 2.19. The number of benzene rings is 2. The molecule has 5 heteroatoms. The van der Waals surface area contributed by atoms with Gasteiger partial charge in [-0.25, -0.2) is 0 Å². The molecule has 0 fully saturated rings. The van der Waals surface area contributed by atoms with E-state index in [0.717, 1.165) is 23.1 Å².